The summed E-state index contributed by atoms with van der Waals surface area (Å²) in [6.45, 7) is 4.95. The van der Waals surface area contributed by atoms with Crippen LogP contribution in [0.4, 0.5) is 4.39 Å². The number of nitrogens with zero attached hydrogens (tertiary/aromatic N) is 2. The molecule has 3 aromatic rings. The first-order valence-electron chi connectivity index (χ1n) is 7.86. The number of imidazole rings is 1. The van der Waals surface area contributed by atoms with E-state index in [1.807, 2.05) is 24.3 Å². The standard InChI is InChI=1S/C19H17BrFN3O/c1-13(20)12-24-17-5-3-2-4-16(17)23-18(24)10-11-22-19(25)14-6-8-15(21)9-7-14/h2-9H,1,10-12H2,(H,22,25). The highest BCUT2D eigenvalue weighted by atomic mass is 79.9. The molecule has 4 nitrogen and oxygen atoms in total. The van der Waals surface area contributed by atoms with Gasteiger partial charge in [-0.1, -0.05) is 34.6 Å². The van der Waals surface area contributed by atoms with Gasteiger partial charge in [-0.15, -0.1) is 0 Å². The molecule has 0 aliphatic heterocycles. The predicted molar refractivity (Wildman–Crippen MR) is 100 cm³/mol. The number of hydrogen-bond donors (Lipinski definition) is 1. The van der Waals surface area contributed by atoms with E-state index in [4.69, 9.17) is 0 Å². The van der Waals surface area contributed by atoms with Gasteiger partial charge in [0, 0.05) is 23.0 Å². The van der Waals surface area contributed by atoms with Crippen molar-refractivity contribution in [1.82, 2.24) is 14.9 Å². The molecule has 0 aliphatic carbocycles. The second-order valence-corrected chi connectivity index (χ2v) is 6.75. The second kappa shape index (κ2) is 7.61. The van der Waals surface area contributed by atoms with Crippen LogP contribution in [0, 0.1) is 5.82 Å². The van der Waals surface area contributed by atoms with Crippen LogP contribution in [-0.4, -0.2) is 22.0 Å². The summed E-state index contributed by atoms with van der Waals surface area (Å²) >= 11 is 3.40. The molecule has 0 spiro atoms. The fourth-order valence-electron chi connectivity index (χ4n) is 2.66. The van der Waals surface area contributed by atoms with Gasteiger partial charge in [-0.05, 0) is 36.4 Å². The summed E-state index contributed by atoms with van der Waals surface area (Å²) in [5.74, 6) is 0.286. The number of fused-ring (bicyclic) bond motifs is 1. The Morgan fingerprint density at radius 2 is 1.92 bits per heavy atom. The summed E-state index contributed by atoms with van der Waals surface area (Å²) in [4.78, 5) is 16.7. The van der Waals surface area contributed by atoms with Crippen molar-refractivity contribution in [3.8, 4) is 0 Å². The third-order valence-corrected chi connectivity index (χ3v) is 4.05. The molecule has 25 heavy (non-hydrogen) atoms. The number of para-hydroxylation sites is 2. The van der Waals surface area contributed by atoms with E-state index < -0.39 is 0 Å². The van der Waals surface area contributed by atoms with Gasteiger partial charge in [-0.3, -0.25) is 4.79 Å². The molecule has 2 aromatic carbocycles. The zero-order chi connectivity index (χ0) is 17.8. The summed E-state index contributed by atoms with van der Waals surface area (Å²) in [6.07, 6.45) is 0.585. The molecule has 0 radical (unpaired) electrons. The normalized spacial score (nSPS) is 10.8. The van der Waals surface area contributed by atoms with Gasteiger partial charge in [-0.2, -0.15) is 0 Å². The van der Waals surface area contributed by atoms with Crippen molar-refractivity contribution in [1.29, 1.82) is 0 Å². The summed E-state index contributed by atoms with van der Waals surface area (Å²) in [7, 11) is 0. The average molecular weight is 402 g/mol. The smallest absolute Gasteiger partial charge is 0.251 e. The molecule has 6 heteroatoms. The fraction of sp³-hybridized carbons (Fsp3) is 0.158. The van der Waals surface area contributed by atoms with E-state index in [-0.39, 0.29) is 11.7 Å². The van der Waals surface area contributed by atoms with E-state index in [0.717, 1.165) is 21.3 Å². The Morgan fingerprint density at radius 1 is 1.20 bits per heavy atom. The molecular weight excluding hydrogens is 385 g/mol. The zero-order valence-corrected chi connectivity index (χ0v) is 15.1. The number of aromatic nitrogens is 2. The molecule has 1 amide bonds. The van der Waals surface area contributed by atoms with Gasteiger partial charge >= 0.3 is 0 Å². The average Bonchev–Trinajstić information content (AvgIpc) is 2.93. The lowest BCUT2D eigenvalue weighted by Crippen LogP contribution is -2.26. The lowest BCUT2D eigenvalue weighted by Gasteiger charge is -2.09. The van der Waals surface area contributed by atoms with Crippen LogP contribution in [0.5, 0.6) is 0 Å². The monoisotopic (exact) mass is 401 g/mol. The van der Waals surface area contributed by atoms with Crippen molar-refractivity contribution in [3.05, 3.63) is 76.8 Å². The fourth-order valence-corrected chi connectivity index (χ4v) is 2.91. The highest BCUT2D eigenvalue weighted by Crippen LogP contribution is 2.19. The maximum absolute atomic E-state index is 12.9. The van der Waals surface area contributed by atoms with E-state index in [9.17, 15) is 9.18 Å². The van der Waals surface area contributed by atoms with Crippen LogP contribution in [-0.2, 0) is 13.0 Å². The third kappa shape index (κ3) is 4.14. The number of nitrogens with one attached hydrogen (secondary N) is 1. The molecule has 3 rings (SSSR count). The lowest BCUT2D eigenvalue weighted by molar-refractivity contribution is 0.0954. The number of carbonyl (C=O) groups excluding carboxylic acids is 1. The second-order valence-electron chi connectivity index (χ2n) is 5.63. The van der Waals surface area contributed by atoms with Gasteiger partial charge in [0.25, 0.3) is 5.91 Å². The molecule has 0 unspecified atom stereocenters. The topological polar surface area (TPSA) is 46.9 Å². The molecule has 0 fully saturated rings. The molecule has 1 aromatic heterocycles. The van der Waals surface area contributed by atoms with Crippen LogP contribution in [0.3, 0.4) is 0 Å². The van der Waals surface area contributed by atoms with Crippen LogP contribution < -0.4 is 5.32 Å². The first-order chi connectivity index (χ1) is 12.0. The molecule has 0 aliphatic rings. The number of amides is 1. The highest BCUT2D eigenvalue weighted by molar-refractivity contribution is 9.11. The summed E-state index contributed by atoms with van der Waals surface area (Å²) < 4.78 is 15.9. The Kier molecular flexibility index (Phi) is 5.28. The summed E-state index contributed by atoms with van der Waals surface area (Å²) in [5.41, 5.74) is 2.38. The van der Waals surface area contributed by atoms with Gasteiger partial charge in [-0.25, -0.2) is 9.37 Å². The van der Waals surface area contributed by atoms with E-state index in [1.54, 1.807) is 0 Å². The first-order valence-corrected chi connectivity index (χ1v) is 8.65. The van der Waals surface area contributed by atoms with Crippen molar-refractivity contribution < 1.29 is 9.18 Å². The van der Waals surface area contributed by atoms with Crippen molar-refractivity contribution in [2.75, 3.05) is 6.54 Å². The minimum Gasteiger partial charge on any atom is -0.352 e. The number of benzene rings is 2. The number of rotatable bonds is 6. The van der Waals surface area contributed by atoms with Gasteiger partial charge < -0.3 is 9.88 Å². The number of halogens is 2. The Hall–Kier alpha value is -2.47. The molecule has 0 saturated carbocycles. The maximum atomic E-state index is 12.9. The third-order valence-electron chi connectivity index (χ3n) is 3.80. The number of hydrogen-bond acceptors (Lipinski definition) is 2. The molecule has 0 saturated heterocycles. The van der Waals surface area contributed by atoms with E-state index in [1.165, 1.54) is 24.3 Å². The van der Waals surface area contributed by atoms with Crippen molar-refractivity contribution in [2.45, 2.75) is 13.0 Å². The molecule has 0 bridgehead atoms. The Bertz CT molecular complexity index is 918. The molecule has 1 N–H and O–H groups in total. The van der Waals surface area contributed by atoms with Crippen LogP contribution in [0.1, 0.15) is 16.2 Å². The molecular formula is C19H17BrFN3O. The van der Waals surface area contributed by atoms with E-state index >= 15 is 0 Å². The SMILES string of the molecule is C=C(Br)Cn1c(CCNC(=O)c2ccc(F)cc2)nc2ccccc21. The number of carbonyl (C=O) groups is 1. The van der Waals surface area contributed by atoms with Crippen LogP contribution in [0.25, 0.3) is 11.0 Å². The highest BCUT2D eigenvalue weighted by Gasteiger charge is 2.11. The Labute approximate surface area is 153 Å². The van der Waals surface area contributed by atoms with Crippen molar-refractivity contribution in [3.63, 3.8) is 0 Å². The van der Waals surface area contributed by atoms with Gasteiger partial charge in [0.05, 0.1) is 17.6 Å². The van der Waals surface area contributed by atoms with Gasteiger partial charge in [0.1, 0.15) is 11.6 Å². The van der Waals surface area contributed by atoms with Gasteiger partial charge in [0.2, 0.25) is 0 Å². The number of allylic oxidation sites excluding steroid dienone is 1. The molecule has 1 heterocycles. The quantitative estimate of drug-likeness (QED) is 0.676. The largest absolute Gasteiger partial charge is 0.352 e. The van der Waals surface area contributed by atoms with Crippen LogP contribution >= 0.6 is 15.9 Å². The Morgan fingerprint density at radius 3 is 2.64 bits per heavy atom. The van der Waals surface area contributed by atoms with E-state index in [0.29, 0.717) is 25.1 Å². The predicted octanol–water partition coefficient (Wildman–Crippen LogP) is 4.06. The summed E-state index contributed by atoms with van der Waals surface area (Å²) in [5, 5.41) is 2.84. The van der Waals surface area contributed by atoms with Crippen LogP contribution in [0.15, 0.2) is 59.6 Å². The zero-order valence-electron chi connectivity index (χ0n) is 13.5. The van der Waals surface area contributed by atoms with Crippen LogP contribution in [0.2, 0.25) is 0 Å². The van der Waals surface area contributed by atoms with Gasteiger partial charge in [0.15, 0.2) is 0 Å². The molecule has 128 valence electrons. The summed E-state index contributed by atoms with van der Waals surface area (Å²) in [6, 6.07) is 13.4. The minimum absolute atomic E-state index is 0.229. The molecule has 0 atom stereocenters. The lowest BCUT2D eigenvalue weighted by atomic mass is 10.2. The first kappa shape index (κ1) is 17.4. The maximum Gasteiger partial charge on any atom is 0.251 e. The van der Waals surface area contributed by atoms with Crippen molar-refractivity contribution in [2.24, 2.45) is 0 Å². The van der Waals surface area contributed by atoms with Crippen molar-refractivity contribution >= 4 is 32.9 Å². The Balaban J connectivity index is 1.71. The van der Waals surface area contributed by atoms with E-state index in [2.05, 4.69) is 37.4 Å². The minimum atomic E-state index is -0.361.